The van der Waals surface area contributed by atoms with Gasteiger partial charge in [0.15, 0.2) is 0 Å². The van der Waals surface area contributed by atoms with Crippen LogP contribution in [0.3, 0.4) is 0 Å². The fraction of sp³-hybridized carbons (Fsp3) is 0.286. The summed E-state index contributed by atoms with van der Waals surface area (Å²) in [6, 6.07) is 25.8. The number of methoxy groups -OCH3 is 1. The number of ether oxygens (including phenoxy) is 1. The predicted molar refractivity (Wildman–Crippen MR) is 135 cm³/mol. The number of aliphatic hydroxyl groups is 1. The first-order chi connectivity index (χ1) is 14.9. The first kappa shape index (κ1) is 25.8. The molecule has 0 aliphatic heterocycles. The molecular weight excluding hydrogens is 382 g/mol. The van der Waals surface area contributed by atoms with Gasteiger partial charge in [0.25, 0.3) is 0 Å². The molecule has 0 aliphatic carbocycles. The Hall–Kier alpha value is -3.20. The van der Waals surface area contributed by atoms with Crippen LogP contribution in [0.5, 0.6) is 5.75 Å². The zero-order valence-electron chi connectivity index (χ0n) is 19.3. The summed E-state index contributed by atoms with van der Waals surface area (Å²) in [6.07, 6.45) is 6.78. The number of para-hydroxylation sites is 1. The van der Waals surface area contributed by atoms with E-state index in [-0.39, 0.29) is 0 Å². The molecule has 31 heavy (non-hydrogen) atoms. The minimum atomic E-state index is 0.355. The maximum atomic E-state index is 9.11. The Labute approximate surface area is 188 Å². The molecule has 0 fully saturated rings. The first-order valence-electron chi connectivity index (χ1n) is 10.8. The van der Waals surface area contributed by atoms with Crippen LogP contribution in [-0.2, 0) is 6.42 Å². The van der Waals surface area contributed by atoms with E-state index in [1.54, 1.807) is 20.1 Å². The number of anilines is 1. The maximum absolute atomic E-state index is 9.11. The van der Waals surface area contributed by atoms with Gasteiger partial charge in [-0.2, -0.15) is 0 Å². The number of aliphatic hydroxyl groups excluding tert-OH is 1. The Kier molecular flexibility index (Phi) is 13.0. The minimum Gasteiger partial charge on any atom is -0.513 e. The fourth-order valence-corrected chi connectivity index (χ4v) is 2.73. The Morgan fingerprint density at radius 3 is 1.97 bits per heavy atom. The Morgan fingerprint density at radius 1 is 0.903 bits per heavy atom. The molecule has 0 aliphatic rings. The van der Waals surface area contributed by atoms with Gasteiger partial charge in [-0.15, -0.1) is 0 Å². The van der Waals surface area contributed by atoms with Crippen molar-refractivity contribution in [3.63, 3.8) is 0 Å². The van der Waals surface area contributed by atoms with Crippen molar-refractivity contribution in [3.05, 3.63) is 101 Å². The van der Waals surface area contributed by atoms with Crippen molar-refractivity contribution in [3.8, 4) is 5.75 Å². The SMILES string of the molecule is CCCCCc1ccc(/C=C(\C)O)cc1.COc1ccc(C)cc1.Nc1ccccc1. The quantitative estimate of drug-likeness (QED) is 0.245. The lowest BCUT2D eigenvalue weighted by Crippen LogP contribution is -1.85. The van der Waals surface area contributed by atoms with Crippen LogP contribution in [0, 0.1) is 6.92 Å². The summed E-state index contributed by atoms with van der Waals surface area (Å²) in [7, 11) is 1.67. The Bertz CT molecular complexity index is 850. The van der Waals surface area contributed by atoms with Crippen LogP contribution < -0.4 is 10.5 Å². The van der Waals surface area contributed by atoms with Crippen molar-refractivity contribution in [2.75, 3.05) is 12.8 Å². The third-order valence-electron chi connectivity index (χ3n) is 4.48. The number of hydrogen-bond donors (Lipinski definition) is 2. The summed E-state index contributed by atoms with van der Waals surface area (Å²) < 4.78 is 4.97. The molecular formula is C28H37NO2. The lowest BCUT2D eigenvalue weighted by molar-refractivity contribution is 0.414. The van der Waals surface area contributed by atoms with Crippen molar-refractivity contribution in [1.29, 1.82) is 0 Å². The van der Waals surface area contributed by atoms with E-state index in [1.165, 1.54) is 30.4 Å². The van der Waals surface area contributed by atoms with Gasteiger partial charge in [0, 0.05) is 5.69 Å². The van der Waals surface area contributed by atoms with Crippen LogP contribution in [-0.4, -0.2) is 12.2 Å². The van der Waals surface area contributed by atoms with Gasteiger partial charge in [0.2, 0.25) is 0 Å². The van der Waals surface area contributed by atoms with E-state index in [0.717, 1.165) is 23.4 Å². The molecule has 0 atom stereocenters. The van der Waals surface area contributed by atoms with Gasteiger partial charge in [-0.1, -0.05) is 79.9 Å². The highest BCUT2D eigenvalue weighted by molar-refractivity contribution is 5.50. The molecule has 3 N–H and O–H groups in total. The number of aryl methyl sites for hydroxylation is 2. The van der Waals surface area contributed by atoms with Gasteiger partial charge in [-0.05, 0) is 68.2 Å². The molecule has 0 saturated carbocycles. The molecule has 0 aromatic heterocycles. The second kappa shape index (κ2) is 15.6. The lowest BCUT2D eigenvalue weighted by Gasteiger charge is -2.01. The zero-order valence-corrected chi connectivity index (χ0v) is 19.3. The minimum absolute atomic E-state index is 0.355. The summed E-state index contributed by atoms with van der Waals surface area (Å²) in [5.74, 6) is 1.27. The molecule has 0 radical (unpaired) electrons. The van der Waals surface area contributed by atoms with Crippen LogP contribution in [0.4, 0.5) is 5.69 Å². The molecule has 3 nitrogen and oxygen atoms in total. The highest BCUT2D eigenvalue weighted by atomic mass is 16.5. The molecule has 0 bridgehead atoms. The smallest absolute Gasteiger partial charge is 0.118 e. The van der Waals surface area contributed by atoms with Crippen LogP contribution in [0.15, 0.2) is 84.6 Å². The van der Waals surface area contributed by atoms with E-state index in [2.05, 4.69) is 38.1 Å². The van der Waals surface area contributed by atoms with Crippen LogP contribution in [0.1, 0.15) is 49.8 Å². The van der Waals surface area contributed by atoms with Crippen molar-refractivity contribution in [2.24, 2.45) is 0 Å². The van der Waals surface area contributed by atoms with E-state index >= 15 is 0 Å². The predicted octanol–water partition coefficient (Wildman–Crippen LogP) is 7.61. The van der Waals surface area contributed by atoms with Crippen LogP contribution in [0.2, 0.25) is 0 Å². The number of benzene rings is 3. The largest absolute Gasteiger partial charge is 0.513 e. The average Bonchev–Trinajstić information content (AvgIpc) is 2.77. The van der Waals surface area contributed by atoms with Crippen molar-refractivity contribution < 1.29 is 9.84 Å². The standard InChI is InChI=1S/C14H20O.C8H10O.C6H7N/c1-3-4-5-6-13-7-9-14(10-8-13)11-12(2)15;1-7-3-5-8(9-2)6-4-7;7-6-4-2-1-3-5-6/h7-11,15H,3-6H2,1-2H3;3-6H,1-2H3;1-5H,7H2/b12-11+;;. The maximum Gasteiger partial charge on any atom is 0.118 e. The molecule has 0 spiro atoms. The topological polar surface area (TPSA) is 55.5 Å². The second-order valence-electron chi connectivity index (χ2n) is 7.41. The van der Waals surface area contributed by atoms with E-state index in [4.69, 9.17) is 15.6 Å². The van der Waals surface area contributed by atoms with E-state index in [0.29, 0.717) is 5.76 Å². The van der Waals surface area contributed by atoms with E-state index in [9.17, 15) is 0 Å². The Balaban J connectivity index is 0.000000254. The molecule has 3 aromatic rings. The van der Waals surface area contributed by atoms with Gasteiger partial charge in [0.05, 0.1) is 12.9 Å². The lowest BCUT2D eigenvalue weighted by atomic mass is 10.1. The highest BCUT2D eigenvalue weighted by Gasteiger charge is 1.94. The van der Waals surface area contributed by atoms with Gasteiger partial charge in [-0.3, -0.25) is 0 Å². The average molecular weight is 420 g/mol. The van der Waals surface area contributed by atoms with E-state index in [1.807, 2.05) is 54.6 Å². The van der Waals surface area contributed by atoms with Gasteiger partial charge in [0.1, 0.15) is 5.75 Å². The number of nitrogens with two attached hydrogens (primary N) is 1. The summed E-state index contributed by atoms with van der Waals surface area (Å²) in [4.78, 5) is 0. The number of nitrogen functional groups attached to an aromatic ring is 1. The van der Waals surface area contributed by atoms with E-state index < -0.39 is 0 Å². The second-order valence-corrected chi connectivity index (χ2v) is 7.41. The number of allylic oxidation sites excluding steroid dienone is 1. The molecule has 166 valence electrons. The number of hydrogen-bond acceptors (Lipinski definition) is 3. The van der Waals surface area contributed by atoms with Crippen LogP contribution in [0.25, 0.3) is 6.08 Å². The normalized spacial score (nSPS) is 10.3. The van der Waals surface area contributed by atoms with Crippen molar-refractivity contribution in [2.45, 2.75) is 46.5 Å². The Morgan fingerprint density at radius 2 is 1.52 bits per heavy atom. The van der Waals surface area contributed by atoms with Crippen LogP contribution >= 0.6 is 0 Å². The molecule has 3 heteroatoms. The summed E-state index contributed by atoms with van der Waals surface area (Å²) in [6.45, 7) is 5.96. The van der Waals surface area contributed by atoms with Gasteiger partial charge in [-0.25, -0.2) is 0 Å². The molecule has 0 unspecified atom stereocenters. The van der Waals surface area contributed by atoms with Gasteiger partial charge < -0.3 is 15.6 Å². The highest BCUT2D eigenvalue weighted by Crippen LogP contribution is 2.11. The van der Waals surface area contributed by atoms with Crippen molar-refractivity contribution in [1.82, 2.24) is 0 Å². The zero-order chi connectivity index (χ0) is 22.9. The molecule has 0 amide bonds. The number of unbranched alkanes of at least 4 members (excludes halogenated alkanes) is 2. The summed E-state index contributed by atoms with van der Waals surface area (Å²) in [5.41, 5.74) is 9.89. The monoisotopic (exact) mass is 419 g/mol. The molecule has 3 aromatic carbocycles. The first-order valence-corrected chi connectivity index (χ1v) is 10.8. The molecule has 3 rings (SSSR count). The van der Waals surface area contributed by atoms with Gasteiger partial charge >= 0.3 is 0 Å². The fourth-order valence-electron chi connectivity index (χ4n) is 2.73. The third kappa shape index (κ3) is 12.9. The summed E-state index contributed by atoms with van der Waals surface area (Å²) >= 11 is 0. The third-order valence-corrected chi connectivity index (χ3v) is 4.48. The van der Waals surface area contributed by atoms with Crippen molar-refractivity contribution >= 4 is 11.8 Å². The molecule has 0 heterocycles. The number of rotatable bonds is 6. The summed E-state index contributed by atoms with van der Waals surface area (Å²) in [5, 5.41) is 9.11. The molecule has 0 saturated heterocycles.